The third-order valence-corrected chi connectivity index (χ3v) is 2.63. The van der Waals surface area contributed by atoms with Gasteiger partial charge in [0.25, 0.3) is 0 Å². The summed E-state index contributed by atoms with van der Waals surface area (Å²) in [6.07, 6.45) is 1.23. The van der Waals surface area contributed by atoms with Gasteiger partial charge in [0.1, 0.15) is 6.17 Å². The van der Waals surface area contributed by atoms with Gasteiger partial charge in [0.05, 0.1) is 5.56 Å². The number of aromatic carboxylic acids is 1. The number of aryl methyl sites for hydroxylation is 1. The highest BCUT2D eigenvalue weighted by molar-refractivity contribution is 5.88. The monoisotopic (exact) mass is 194 g/mol. The second kappa shape index (κ2) is 3.40. The first-order chi connectivity index (χ1) is 6.68. The molecule has 0 aromatic heterocycles. The van der Waals surface area contributed by atoms with Crippen molar-refractivity contribution in [2.75, 3.05) is 0 Å². The van der Waals surface area contributed by atoms with E-state index in [4.69, 9.17) is 5.11 Å². The second-order valence-corrected chi connectivity index (χ2v) is 3.58. The largest absolute Gasteiger partial charge is 0.478 e. The van der Waals surface area contributed by atoms with E-state index in [1.165, 1.54) is 6.07 Å². The highest BCUT2D eigenvalue weighted by Crippen LogP contribution is 2.32. The Kier molecular flexibility index (Phi) is 2.23. The fourth-order valence-electron chi connectivity index (χ4n) is 1.87. The van der Waals surface area contributed by atoms with Crippen molar-refractivity contribution in [3.8, 4) is 0 Å². The molecule has 0 amide bonds. The van der Waals surface area contributed by atoms with E-state index in [9.17, 15) is 9.18 Å². The Balaban J connectivity index is 2.45. The molecule has 74 valence electrons. The number of carboxylic acid groups (broad SMARTS) is 1. The third-order valence-electron chi connectivity index (χ3n) is 2.63. The maximum absolute atomic E-state index is 13.4. The summed E-state index contributed by atoms with van der Waals surface area (Å²) in [6.45, 7) is 0. The molecular weight excluding hydrogens is 183 g/mol. The van der Waals surface area contributed by atoms with Gasteiger partial charge in [-0.3, -0.25) is 0 Å². The Morgan fingerprint density at radius 3 is 3.00 bits per heavy atom. The lowest BCUT2D eigenvalue weighted by molar-refractivity contribution is 0.0696. The van der Waals surface area contributed by atoms with Crippen LogP contribution in [0.3, 0.4) is 0 Å². The molecule has 3 heteroatoms. The third kappa shape index (κ3) is 1.50. The molecule has 0 radical (unpaired) electrons. The number of halogens is 1. The van der Waals surface area contributed by atoms with Gasteiger partial charge in [0, 0.05) is 0 Å². The maximum Gasteiger partial charge on any atom is 0.335 e. The van der Waals surface area contributed by atoms with E-state index in [1.807, 2.05) is 0 Å². The van der Waals surface area contributed by atoms with Crippen LogP contribution in [0, 0.1) is 0 Å². The highest BCUT2D eigenvalue weighted by atomic mass is 19.1. The molecule has 14 heavy (non-hydrogen) atoms. The van der Waals surface area contributed by atoms with Crippen molar-refractivity contribution in [1.82, 2.24) is 0 Å². The molecule has 0 saturated heterocycles. The van der Waals surface area contributed by atoms with Gasteiger partial charge in [0.2, 0.25) is 0 Å². The molecule has 2 nitrogen and oxygen atoms in total. The van der Waals surface area contributed by atoms with Gasteiger partial charge in [-0.15, -0.1) is 0 Å². The highest BCUT2D eigenvalue weighted by Gasteiger charge is 2.20. The quantitative estimate of drug-likeness (QED) is 0.746. The molecule has 1 N–H and O–H groups in total. The predicted octanol–water partition coefficient (Wildman–Crippen LogP) is 2.73. The van der Waals surface area contributed by atoms with E-state index in [0.717, 1.165) is 18.4 Å². The molecule has 0 saturated carbocycles. The van der Waals surface area contributed by atoms with Gasteiger partial charge < -0.3 is 5.11 Å². The van der Waals surface area contributed by atoms with E-state index in [2.05, 4.69) is 0 Å². The average molecular weight is 194 g/mol. The number of hydrogen-bond donors (Lipinski definition) is 1. The lowest BCUT2D eigenvalue weighted by Gasteiger charge is -2.19. The minimum atomic E-state index is -0.995. The zero-order valence-electron chi connectivity index (χ0n) is 7.66. The molecule has 1 aromatic carbocycles. The lowest BCUT2D eigenvalue weighted by atomic mass is 9.89. The van der Waals surface area contributed by atoms with Crippen molar-refractivity contribution < 1.29 is 14.3 Å². The fourth-order valence-corrected chi connectivity index (χ4v) is 1.87. The summed E-state index contributed by atoms with van der Waals surface area (Å²) in [5, 5.41) is 8.75. The summed E-state index contributed by atoms with van der Waals surface area (Å²) in [6, 6.07) is 4.73. The van der Waals surface area contributed by atoms with Crippen molar-refractivity contribution in [3.63, 3.8) is 0 Å². The predicted molar refractivity (Wildman–Crippen MR) is 50.2 cm³/mol. The summed E-state index contributed by atoms with van der Waals surface area (Å²) in [4.78, 5) is 10.7. The van der Waals surface area contributed by atoms with Crippen molar-refractivity contribution in [1.29, 1.82) is 0 Å². The zero-order valence-corrected chi connectivity index (χ0v) is 7.66. The molecule has 0 spiro atoms. The number of rotatable bonds is 1. The van der Waals surface area contributed by atoms with Gasteiger partial charge in [-0.25, -0.2) is 9.18 Å². The SMILES string of the molecule is O=C(O)c1ccc2c(c1)C(F)CCC2. The minimum absolute atomic E-state index is 0.174. The number of fused-ring (bicyclic) bond motifs is 1. The number of hydrogen-bond acceptors (Lipinski definition) is 1. The van der Waals surface area contributed by atoms with Crippen LogP contribution in [-0.2, 0) is 6.42 Å². The maximum atomic E-state index is 13.4. The van der Waals surface area contributed by atoms with Crippen molar-refractivity contribution in [3.05, 3.63) is 34.9 Å². The van der Waals surface area contributed by atoms with Gasteiger partial charge in [-0.05, 0) is 42.5 Å². The number of carboxylic acids is 1. The Bertz CT molecular complexity index is 374. The van der Waals surface area contributed by atoms with Crippen LogP contribution in [0.4, 0.5) is 4.39 Å². The Hall–Kier alpha value is -1.38. The number of alkyl halides is 1. The Labute approximate surface area is 81.4 Å². The number of carbonyl (C=O) groups is 1. The average Bonchev–Trinajstić information content (AvgIpc) is 2.18. The van der Waals surface area contributed by atoms with Crippen molar-refractivity contribution in [2.45, 2.75) is 25.4 Å². The van der Waals surface area contributed by atoms with Crippen LogP contribution in [0.25, 0.3) is 0 Å². The van der Waals surface area contributed by atoms with Gasteiger partial charge in [0.15, 0.2) is 0 Å². The molecule has 1 aromatic rings. The first kappa shape index (κ1) is 9.19. The van der Waals surface area contributed by atoms with E-state index in [1.54, 1.807) is 12.1 Å². The van der Waals surface area contributed by atoms with E-state index >= 15 is 0 Å². The summed E-state index contributed by atoms with van der Waals surface area (Å²) < 4.78 is 13.4. The molecule has 2 rings (SSSR count). The summed E-state index contributed by atoms with van der Waals surface area (Å²) >= 11 is 0. The van der Waals surface area contributed by atoms with Gasteiger partial charge >= 0.3 is 5.97 Å². The Morgan fingerprint density at radius 1 is 1.50 bits per heavy atom. The molecule has 1 aliphatic carbocycles. The molecular formula is C11H11FO2. The number of benzene rings is 1. The van der Waals surface area contributed by atoms with Crippen LogP contribution in [0.2, 0.25) is 0 Å². The Morgan fingerprint density at radius 2 is 2.29 bits per heavy atom. The fraction of sp³-hybridized carbons (Fsp3) is 0.364. The molecule has 1 atom stereocenters. The van der Waals surface area contributed by atoms with Crippen molar-refractivity contribution >= 4 is 5.97 Å². The minimum Gasteiger partial charge on any atom is -0.478 e. The summed E-state index contributed by atoms with van der Waals surface area (Å²) in [7, 11) is 0. The van der Waals surface area contributed by atoms with Crippen LogP contribution in [0.5, 0.6) is 0 Å². The lowest BCUT2D eigenvalue weighted by Crippen LogP contribution is -2.08. The molecule has 0 fully saturated rings. The first-order valence-electron chi connectivity index (χ1n) is 4.68. The van der Waals surface area contributed by atoms with Crippen molar-refractivity contribution in [2.24, 2.45) is 0 Å². The normalized spacial score (nSPS) is 20.2. The standard InChI is InChI=1S/C11H11FO2/c12-10-3-1-2-7-4-5-8(11(13)14)6-9(7)10/h4-6,10H,1-3H2,(H,13,14). The van der Waals surface area contributed by atoms with Crippen LogP contribution in [-0.4, -0.2) is 11.1 Å². The van der Waals surface area contributed by atoms with Crippen LogP contribution in [0.1, 0.15) is 40.5 Å². The van der Waals surface area contributed by atoms with Crippen LogP contribution in [0.15, 0.2) is 18.2 Å². The molecule has 1 unspecified atom stereocenters. The second-order valence-electron chi connectivity index (χ2n) is 3.58. The van der Waals surface area contributed by atoms with Gasteiger partial charge in [-0.1, -0.05) is 6.07 Å². The summed E-state index contributed by atoms with van der Waals surface area (Å²) in [5.74, 6) is -0.995. The molecule has 0 aliphatic heterocycles. The molecule has 0 bridgehead atoms. The van der Waals surface area contributed by atoms with Gasteiger partial charge in [-0.2, -0.15) is 0 Å². The zero-order chi connectivity index (χ0) is 10.1. The summed E-state index contributed by atoms with van der Waals surface area (Å²) in [5.41, 5.74) is 1.69. The van der Waals surface area contributed by atoms with Crippen LogP contribution < -0.4 is 0 Å². The van der Waals surface area contributed by atoms with Crippen LogP contribution >= 0.6 is 0 Å². The molecule has 0 heterocycles. The first-order valence-corrected chi connectivity index (χ1v) is 4.68. The van der Waals surface area contributed by atoms with E-state index in [-0.39, 0.29) is 5.56 Å². The topological polar surface area (TPSA) is 37.3 Å². The van der Waals surface area contributed by atoms with E-state index in [0.29, 0.717) is 12.0 Å². The molecule has 1 aliphatic rings. The smallest absolute Gasteiger partial charge is 0.335 e. The van der Waals surface area contributed by atoms with E-state index < -0.39 is 12.1 Å².